The van der Waals surface area contributed by atoms with Gasteiger partial charge in [0, 0.05) is 18.0 Å². The highest BCUT2D eigenvalue weighted by atomic mass is 32.1. The molecule has 3 heterocycles. The highest BCUT2D eigenvalue weighted by Gasteiger charge is 2.33. The fraction of sp³-hybridized carbons (Fsp3) is 0.200. The Balaban J connectivity index is 1.35. The van der Waals surface area contributed by atoms with Crippen molar-refractivity contribution in [3.05, 3.63) is 86.8 Å². The molecule has 0 N–H and O–H groups in total. The number of Topliss-reactive ketones (excluding diaryl/α,β-unsaturated/α-hetero) is 1. The highest BCUT2D eigenvalue weighted by molar-refractivity contribution is 7.09. The predicted molar refractivity (Wildman–Crippen MR) is 121 cm³/mol. The van der Waals surface area contributed by atoms with E-state index in [9.17, 15) is 9.59 Å². The molecule has 0 atom stereocenters. The van der Waals surface area contributed by atoms with Gasteiger partial charge in [0.05, 0.1) is 23.8 Å². The van der Waals surface area contributed by atoms with Crippen LogP contribution >= 0.6 is 11.3 Å². The van der Waals surface area contributed by atoms with Gasteiger partial charge in [0.2, 0.25) is 5.78 Å². The van der Waals surface area contributed by atoms with Crippen LogP contribution in [0.25, 0.3) is 6.08 Å². The van der Waals surface area contributed by atoms with Crippen LogP contribution in [0.5, 0.6) is 11.5 Å². The lowest BCUT2D eigenvalue weighted by Crippen LogP contribution is -2.33. The number of rotatable bonds is 5. The van der Waals surface area contributed by atoms with Gasteiger partial charge >= 0.3 is 5.97 Å². The molecule has 2 aliphatic heterocycles. The zero-order valence-electron chi connectivity index (χ0n) is 17.5. The zero-order valence-corrected chi connectivity index (χ0v) is 18.3. The van der Waals surface area contributed by atoms with Crippen LogP contribution in [0, 0.1) is 0 Å². The van der Waals surface area contributed by atoms with Gasteiger partial charge in [-0.3, -0.25) is 9.69 Å². The molecule has 1 aromatic heterocycles. The van der Waals surface area contributed by atoms with Gasteiger partial charge in [-0.1, -0.05) is 18.2 Å². The molecule has 0 radical (unpaired) electrons. The number of thiophene rings is 1. The van der Waals surface area contributed by atoms with Crippen LogP contribution in [0.4, 0.5) is 0 Å². The Bertz CT molecular complexity index is 1200. The lowest BCUT2D eigenvalue weighted by molar-refractivity contribution is 0.0600. The summed E-state index contributed by atoms with van der Waals surface area (Å²) >= 11 is 1.75. The summed E-state index contributed by atoms with van der Waals surface area (Å²) in [5.74, 6) is 1.03. The molecule has 3 aromatic rings. The van der Waals surface area contributed by atoms with Crippen molar-refractivity contribution in [1.29, 1.82) is 0 Å². The maximum Gasteiger partial charge on any atom is 0.337 e. The SMILES string of the molecule is COC(=O)c1ccc(/C=C2\Oc3c(ccc4c3CN(CCc3cccs3)CO4)C2=O)cc1. The summed E-state index contributed by atoms with van der Waals surface area (Å²) in [5.41, 5.74) is 2.66. The van der Waals surface area contributed by atoms with E-state index in [-0.39, 0.29) is 11.5 Å². The first-order valence-corrected chi connectivity index (χ1v) is 11.2. The van der Waals surface area contributed by atoms with Crippen molar-refractivity contribution in [2.24, 2.45) is 0 Å². The summed E-state index contributed by atoms with van der Waals surface area (Å²) in [7, 11) is 1.34. The highest BCUT2D eigenvalue weighted by Crippen LogP contribution is 2.42. The number of esters is 1. The Morgan fingerprint density at radius 1 is 1.19 bits per heavy atom. The van der Waals surface area contributed by atoms with E-state index in [0.29, 0.717) is 30.2 Å². The summed E-state index contributed by atoms with van der Waals surface area (Å²) in [5, 5.41) is 2.08. The molecular formula is C25H21NO5S. The number of allylic oxidation sites excluding steroid dienone is 1. The molecular weight excluding hydrogens is 426 g/mol. The largest absolute Gasteiger partial charge is 0.478 e. The quantitative estimate of drug-likeness (QED) is 0.423. The average Bonchev–Trinajstić information content (AvgIpc) is 3.46. The molecule has 2 aliphatic rings. The molecule has 0 saturated heterocycles. The number of carbonyl (C=O) groups excluding carboxylic acids is 2. The van der Waals surface area contributed by atoms with Crippen LogP contribution in [-0.4, -0.2) is 37.0 Å². The van der Waals surface area contributed by atoms with Gasteiger partial charge in [-0.15, -0.1) is 11.3 Å². The van der Waals surface area contributed by atoms with Crippen LogP contribution in [-0.2, 0) is 17.7 Å². The second-order valence-electron chi connectivity index (χ2n) is 7.63. The number of nitrogens with zero attached hydrogens (tertiary/aromatic N) is 1. The predicted octanol–water partition coefficient (Wildman–Crippen LogP) is 4.55. The molecule has 2 aromatic carbocycles. The number of fused-ring (bicyclic) bond motifs is 3. The second-order valence-corrected chi connectivity index (χ2v) is 8.66. The first kappa shape index (κ1) is 20.5. The molecule has 0 bridgehead atoms. The van der Waals surface area contributed by atoms with Crippen molar-refractivity contribution in [2.45, 2.75) is 13.0 Å². The van der Waals surface area contributed by atoms with E-state index in [0.717, 1.165) is 29.8 Å². The number of carbonyl (C=O) groups is 2. The Morgan fingerprint density at radius 3 is 2.78 bits per heavy atom. The van der Waals surface area contributed by atoms with Crippen LogP contribution in [0.15, 0.2) is 59.7 Å². The summed E-state index contributed by atoms with van der Waals surface area (Å²) in [6, 6.07) is 14.6. The molecule has 162 valence electrons. The molecule has 0 saturated carbocycles. The summed E-state index contributed by atoms with van der Waals surface area (Å²) in [4.78, 5) is 28.1. The minimum Gasteiger partial charge on any atom is -0.478 e. The molecule has 6 nitrogen and oxygen atoms in total. The van der Waals surface area contributed by atoms with Gasteiger partial charge in [-0.05, 0) is 53.8 Å². The molecule has 0 fully saturated rings. The Labute approximate surface area is 189 Å². The van der Waals surface area contributed by atoms with Gasteiger partial charge in [-0.25, -0.2) is 4.79 Å². The molecule has 0 spiro atoms. The van der Waals surface area contributed by atoms with E-state index in [1.54, 1.807) is 47.7 Å². The summed E-state index contributed by atoms with van der Waals surface area (Å²) in [6.07, 6.45) is 2.64. The normalized spacial score (nSPS) is 16.3. The number of methoxy groups -OCH3 is 1. The van der Waals surface area contributed by atoms with E-state index < -0.39 is 5.97 Å². The van der Waals surface area contributed by atoms with Crippen molar-refractivity contribution >= 4 is 29.2 Å². The summed E-state index contributed by atoms with van der Waals surface area (Å²) in [6.45, 7) is 2.05. The minimum atomic E-state index is -0.403. The van der Waals surface area contributed by atoms with Crippen molar-refractivity contribution in [3.63, 3.8) is 0 Å². The van der Waals surface area contributed by atoms with E-state index in [2.05, 4.69) is 22.4 Å². The average molecular weight is 448 g/mol. The fourth-order valence-electron chi connectivity index (χ4n) is 3.86. The van der Waals surface area contributed by atoms with E-state index >= 15 is 0 Å². The molecule has 0 amide bonds. The van der Waals surface area contributed by atoms with E-state index in [4.69, 9.17) is 14.2 Å². The number of ether oxygens (including phenoxy) is 3. The lowest BCUT2D eigenvalue weighted by atomic mass is 10.0. The third-order valence-electron chi connectivity index (χ3n) is 5.57. The summed E-state index contributed by atoms with van der Waals surface area (Å²) < 4.78 is 16.7. The molecule has 5 rings (SSSR count). The fourth-order valence-corrected chi connectivity index (χ4v) is 4.55. The first-order valence-electron chi connectivity index (χ1n) is 10.3. The van der Waals surface area contributed by atoms with Crippen LogP contribution in [0.2, 0.25) is 0 Å². The standard InChI is InChI=1S/C25H21NO5S/c1-29-25(28)17-6-4-16(5-7-17)13-22-23(27)19-8-9-21-20(24(19)31-22)14-26(15-30-21)11-10-18-3-2-12-32-18/h2-9,12-13H,10-11,14-15H2,1H3/b22-13-. The van der Waals surface area contributed by atoms with Crippen molar-refractivity contribution in [3.8, 4) is 11.5 Å². The van der Waals surface area contributed by atoms with Crippen molar-refractivity contribution < 1.29 is 23.8 Å². The lowest BCUT2D eigenvalue weighted by Gasteiger charge is -2.29. The maximum atomic E-state index is 13.0. The Hall–Kier alpha value is -3.42. The molecule has 0 unspecified atom stereocenters. The Kier molecular flexibility index (Phi) is 5.51. The minimum absolute atomic E-state index is 0.157. The number of hydrogen-bond donors (Lipinski definition) is 0. The van der Waals surface area contributed by atoms with Gasteiger partial charge in [0.15, 0.2) is 5.76 Å². The molecule has 7 heteroatoms. The monoisotopic (exact) mass is 447 g/mol. The number of benzene rings is 2. The van der Waals surface area contributed by atoms with E-state index in [1.165, 1.54) is 12.0 Å². The van der Waals surface area contributed by atoms with Crippen LogP contribution in [0.1, 0.15) is 36.7 Å². The first-order chi connectivity index (χ1) is 15.6. The smallest absolute Gasteiger partial charge is 0.337 e. The van der Waals surface area contributed by atoms with Gasteiger partial charge < -0.3 is 14.2 Å². The zero-order chi connectivity index (χ0) is 22.1. The van der Waals surface area contributed by atoms with Crippen LogP contribution < -0.4 is 9.47 Å². The Morgan fingerprint density at radius 2 is 2.03 bits per heavy atom. The topological polar surface area (TPSA) is 65.1 Å². The molecule has 32 heavy (non-hydrogen) atoms. The van der Waals surface area contributed by atoms with Crippen LogP contribution in [0.3, 0.4) is 0 Å². The van der Waals surface area contributed by atoms with Crippen molar-refractivity contribution in [2.75, 3.05) is 20.4 Å². The maximum absolute atomic E-state index is 13.0. The van der Waals surface area contributed by atoms with Crippen molar-refractivity contribution in [1.82, 2.24) is 4.90 Å². The van der Waals surface area contributed by atoms with E-state index in [1.807, 2.05) is 6.07 Å². The van der Waals surface area contributed by atoms with Gasteiger partial charge in [0.1, 0.15) is 18.2 Å². The van der Waals surface area contributed by atoms with Gasteiger partial charge in [0.25, 0.3) is 0 Å². The number of hydrogen-bond acceptors (Lipinski definition) is 7. The third kappa shape index (κ3) is 3.92. The molecule has 0 aliphatic carbocycles. The third-order valence-corrected chi connectivity index (χ3v) is 6.50. The second kappa shape index (κ2) is 8.61. The van der Waals surface area contributed by atoms with Gasteiger partial charge in [-0.2, -0.15) is 0 Å². The number of ketones is 1.